The van der Waals surface area contributed by atoms with Gasteiger partial charge in [0, 0.05) is 5.56 Å². The number of anilines is 1. The Balaban J connectivity index is 2.30. The number of hydrogen-bond acceptors (Lipinski definition) is 4. The largest absolute Gasteiger partial charge is 0.507 e. The van der Waals surface area contributed by atoms with Gasteiger partial charge in [-0.05, 0) is 30.3 Å². The molecule has 0 saturated carbocycles. The Morgan fingerprint density at radius 1 is 1.19 bits per heavy atom. The summed E-state index contributed by atoms with van der Waals surface area (Å²) in [6.45, 7) is 0. The van der Waals surface area contributed by atoms with E-state index < -0.39 is 23.2 Å². The first-order valence-corrected chi connectivity index (χ1v) is 6.22. The number of hydrogen-bond donors (Lipinski definition) is 4. The van der Waals surface area contributed by atoms with E-state index >= 15 is 0 Å². The van der Waals surface area contributed by atoms with E-state index in [-0.39, 0.29) is 16.2 Å². The van der Waals surface area contributed by atoms with Crippen LogP contribution in [0.1, 0.15) is 15.9 Å². The van der Waals surface area contributed by atoms with Crippen LogP contribution in [0.2, 0.25) is 0 Å². The molecule has 0 bridgehead atoms. The molecule has 0 saturated heterocycles. The van der Waals surface area contributed by atoms with Crippen LogP contribution in [0.5, 0.6) is 11.5 Å². The molecule has 0 aromatic heterocycles. The number of rotatable bonds is 3. The van der Waals surface area contributed by atoms with Crippen LogP contribution in [-0.4, -0.2) is 21.1 Å². The van der Waals surface area contributed by atoms with Gasteiger partial charge in [0.05, 0.1) is 5.69 Å². The van der Waals surface area contributed by atoms with E-state index in [1.165, 1.54) is 30.3 Å². The Labute approximate surface area is 124 Å². The number of thiocarbonyl (C=S) groups is 1. The summed E-state index contributed by atoms with van der Waals surface area (Å²) in [5.41, 5.74) is 5.24. The summed E-state index contributed by atoms with van der Waals surface area (Å²) in [5.74, 6) is -2.39. The SMILES string of the molecule is NC(=S)c1ccc(NC(=O)c2c(O)cccc2O)c(F)c1. The molecule has 2 aromatic carbocycles. The minimum Gasteiger partial charge on any atom is -0.507 e. The third-order valence-electron chi connectivity index (χ3n) is 2.75. The van der Waals surface area contributed by atoms with Gasteiger partial charge in [-0.2, -0.15) is 0 Å². The Kier molecular flexibility index (Phi) is 4.04. The van der Waals surface area contributed by atoms with Gasteiger partial charge in [0.1, 0.15) is 27.9 Å². The number of benzene rings is 2. The number of nitrogens with one attached hydrogen (secondary N) is 1. The number of aromatic hydroxyl groups is 2. The lowest BCUT2D eigenvalue weighted by molar-refractivity contribution is 0.102. The average Bonchev–Trinajstić information content (AvgIpc) is 2.40. The lowest BCUT2D eigenvalue weighted by Gasteiger charge is -2.10. The molecular formula is C14H11FN2O3S. The molecule has 0 spiro atoms. The Morgan fingerprint density at radius 2 is 1.81 bits per heavy atom. The van der Waals surface area contributed by atoms with Crippen molar-refractivity contribution in [2.75, 3.05) is 5.32 Å². The smallest absolute Gasteiger partial charge is 0.263 e. The van der Waals surface area contributed by atoms with Crippen LogP contribution >= 0.6 is 12.2 Å². The van der Waals surface area contributed by atoms with E-state index in [0.717, 1.165) is 6.07 Å². The molecule has 0 aliphatic rings. The highest BCUT2D eigenvalue weighted by molar-refractivity contribution is 7.80. The van der Waals surface area contributed by atoms with Crippen molar-refractivity contribution >= 4 is 28.8 Å². The molecule has 0 fully saturated rings. The van der Waals surface area contributed by atoms with Gasteiger partial charge in [-0.15, -0.1) is 0 Å². The summed E-state index contributed by atoms with van der Waals surface area (Å²) < 4.78 is 13.8. The molecule has 5 nitrogen and oxygen atoms in total. The van der Waals surface area contributed by atoms with E-state index in [9.17, 15) is 19.4 Å². The second kappa shape index (κ2) is 5.76. The zero-order chi connectivity index (χ0) is 15.6. The topological polar surface area (TPSA) is 95.6 Å². The van der Waals surface area contributed by atoms with Gasteiger partial charge in [-0.1, -0.05) is 18.3 Å². The first kappa shape index (κ1) is 14.7. The predicted molar refractivity (Wildman–Crippen MR) is 80.0 cm³/mol. The van der Waals surface area contributed by atoms with Gasteiger partial charge in [-0.3, -0.25) is 4.79 Å². The van der Waals surface area contributed by atoms with Crippen molar-refractivity contribution in [1.82, 2.24) is 0 Å². The van der Waals surface area contributed by atoms with Crippen LogP contribution in [0.15, 0.2) is 36.4 Å². The van der Waals surface area contributed by atoms with Gasteiger partial charge >= 0.3 is 0 Å². The molecule has 0 unspecified atom stereocenters. The number of carbonyl (C=O) groups is 1. The van der Waals surface area contributed by atoms with Crippen LogP contribution < -0.4 is 11.1 Å². The summed E-state index contributed by atoms with van der Waals surface area (Å²) in [6.07, 6.45) is 0. The fourth-order valence-corrected chi connectivity index (χ4v) is 1.84. The maximum atomic E-state index is 13.8. The van der Waals surface area contributed by atoms with Crippen LogP contribution in [0.4, 0.5) is 10.1 Å². The molecule has 108 valence electrons. The molecule has 7 heteroatoms. The summed E-state index contributed by atoms with van der Waals surface area (Å²) >= 11 is 4.72. The molecule has 5 N–H and O–H groups in total. The van der Waals surface area contributed by atoms with Crippen LogP contribution in [-0.2, 0) is 0 Å². The zero-order valence-corrected chi connectivity index (χ0v) is 11.4. The fraction of sp³-hybridized carbons (Fsp3) is 0. The average molecular weight is 306 g/mol. The lowest BCUT2D eigenvalue weighted by Crippen LogP contribution is -2.15. The van der Waals surface area contributed by atoms with Crippen LogP contribution in [0.25, 0.3) is 0 Å². The molecule has 1 amide bonds. The molecule has 2 rings (SSSR count). The van der Waals surface area contributed by atoms with Gasteiger partial charge in [0.15, 0.2) is 0 Å². The van der Waals surface area contributed by atoms with Crippen LogP contribution in [0.3, 0.4) is 0 Å². The highest BCUT2D eigenvalue weighted by Gasteiger charge is 2.17. The first-order valence-electron chi connectivity index (χ1n) is 5.82. The standard InChI is InChI=1S/C14H11FN2O3S/c15-8-6-7(13(16)21)4-5-9(8)17-14(20)12-10(18)2-1-3-11(12)19/h1-6,18-19H,(H2,16,21)(H,17,20). The number of halogens is 1. The monoisotopic (exact) mass is 306 g/mol. The molecule has 0 heterocycles. The summed E-state index contributed by atoms with van der Waals surface area (Å²) in [7, 11) is 0. The van der Waals surface area contributed by atoms with E-state index in [2.05, 4.69) is 5.32 Å². The maximum absolute atomic E-state index is 13.8. The van der Waals surface area contributed by atoms with Crippen molar-refractivity contribution < 1.29 is 19.4 Å². The van der Waals surface area contributed by atoms with Crippen molar-refractivity contribution in [3.8, 4) is 11.5 Å². The number of phenolic OH excluding ortho intramolecular Hbond substituents is 2. The number of phenols is 2. The van der Waals surface area contributed by atoms with Gasteiger partial charge in [-0.25, -0.2) is 4.39 Å². The Morgan fingerprint density at radius 3 is 2.33 bits per heavy atom. The number of nitrogens with two attached hydrogens (primary N) is 1. The number of amides is 1. The van der Waals surface area contributed by atoms with Crippen molar-refractivity contribution in [2.24, 2.45) is 5.73 Å². The minimum absolute atomic E-state index is 0.0325. The summed E-state index contributed by atoms with van der Waals surface area (Å²) in [4.78, 5) is 12.0. The molecule has 0 aliphatic carbocycles. The predicted octanol–water partition coefficient (Wildman–Crippen LogP) is 2.12. The van der Waals surface area contributed by atoms with Crippen LogP contribution in [0, 0.1) is 5.82 Å². The fourth-order valence-electron chi connectivity index (χ4n) is 1.72. The molecule has 0 radical (unpaired) electrons. The maximum Gasteiger partial charge on any atom is 0.263 e. The van der Waals surface area contributed by atoms with E-state index in [1.54, 1.807) is 0 Å². The lowest BCUT2D eigenvalue weighted by atomic mass is 10.1. The van der Waals surface area contributed by atoms with Gasteiger partial charge in [0.25, 0.3) is 5.91 Å². The van der Waals surface area contributed by atoms with Crippen molar-refractivity contribution in [3.05, 3.63) is 53.3 Å². The second-order valence-corrected chi connectivity index (χ2v) is 4.62. The summed E-state index contributed by atoms with van der Waals surface area (Å²) in [6, 6.07) is 7.67. The number of carbonyl (C=O) groups excluding carboxylic acids is 1. The molecule has 0 atom stereocenters. The van der Waals surface area contributed by atoms with E-state index in [1.807, 2.05) is 0 Å². The van der Waals surface area contributed by atoms with Gasteiger partial charge < -0.3 is 21.3 Å². The normalized spacial score (nSPS) is 10.1. The zero-order valence-electron chi connectivity index (χ0n) is 10.6. The summed E-state index contributed by atoms with van der Waals surface area (Å²) in [5, 5.41) is 21.4. The molecule has 2 aromatic rings. The van der Waals surface area contributed by atoms with E-state index in [4.69, 9.17) is 18.0 Å². The quantitative estimate of drug-likeness (QED) is 0.652. The Hall–Kier alpha value is -2.67. The third kappa shape index (κ3) is 3.09. The highest BCUT2D eigenvalue weighted by Crippen LogP contribution is 2.27. The first-order chi connectivity index (χ1) is 9.90. The van der Waals surface area contributed by atoms with Gasteiger partial charge in [0.2, 0.25) is 0 Å². The van der Waals surface area contributed by atoms with Crippen molar-refractivity contribution in [2.45, 2.75) is 0 Å². The van der Waals surface area contributed by atoms with E-state index in [0.29, 0.717) is 5.56 Å². The molecule has 0 aliphatic heterocycles. The third-order valence-corrected chi connectivity index (χ3v) is 2.99. The molecular weight excluding hydrogens is 295 g/mol. The van der Waals surface area contributed by atoms with Crippen molar-refractivity contribution in [1.29, 1.82) is 0 Å². The molecule has 21 heavy (non-hydrogen) atoms. The second-order valence-electron chi connectivity index (χ2n) is 4.18. The Bertz CT molecular complexity index is 714. The highest BCUT2D eigenvalue weighted by atomic mass is 32.1. The minimum atomic E-state index is -0.840. The van der Waals surface area contributed by atoms with Crippen molar-refractivity contribution in [3.63, 3.8) is 0 Å².